The molecule has 0 fully saturated rings. The van der Waals surface area contributed by atoms with Gasteiger partial charge in [-0.3, -0.25) is 9.78 Å². The molecule has 21 heavy (non-hydrogen) atoms. The van der Waals surface area contributed by atoms with Gasteiger partial charge in [-0.15, -0.1) is 0 Å². The van der Waals surface area contributed by atoms with Gasteiger partial charge in [0, 0.05) is 18.8 Å². The van der Waals surface area contributed by atoms with Crippen LogP contribution < -0.4 is 5.56 Å². The predicted molar refractivity (Wildman–Crippen MR) is 79.1 cm³/mol. The van der Waals surface area contributed by atoms with Gasteiger partial charge in [0.1, 0.15) is 11.3 Å². The first kappa shape index (κ1) is 13.6. The van der Waals surface area contributed by atoms with Gasteiger partial charge in [0.25, 0.3) is 5.56 Å². The molecule has 0 saturated heterocycles. The highest BCUT2D eigenvalue weighted by Gasteiger charge is 2.20. The fraction of sp³-hybridized carbons (Fsp3) is 0.0667. The second-order valence-electron chi connectivity index (χ2n) is 4.56. The van der Waals surface area contributed by atoms with Crippen LogP contribution in [0.4, 0.5) is 4.39 Å². The van der Waals surface area contributed by atoms with Crippen molar-refractivity contribution < 1.29 is 9.50 Å². The maximum Gasteiger partial charge on any atom is 0.262 e. The number of fused-ring (bicyclic) bond motifs is 1. The van der Waals surface area contributed by atoms with E-state index in [1.165, 1.54) is 29.0 Å². The van der Waals surface area contributed by atoms with Gasteiger partial charge >= 0.3 is 0 Å². The standard InChI is InChI=1S/C15H10ClFN2O2/c1-19-10-6-3-7-18-13(10)14(20)11(15(19)21)8-4-2-5-9(17)12(8)16/h2-7,20H,1H3. The third-order valence-corrected chi connectivity index (χ3v) is 3.73. The van der Waals surface area contributed by atoms with Crippen LogP contribution in [0.25, 0.3) is 22.2 Å². The molecule has 0 aliphatic carbocycles. The van der Waals surface area contributed by atoms with Crippen LogP contribution in [0, 0.1) is 5.82 Å². The second kappa shape index (κ2) is 4.86. The van der Waals surface area contributed by atoms with E-state index >= 15 is 0 Å². The first-order valence-corrected chi connectivity index (χ1v) is 6.51. The highest BCUT2D eigenvalue weighted by Crippen LogP contribution is 2.36. The van der Waals surface area contributed by atoms with Gasteiger partial charge in [0.15, 0.2) is 5.75 Å². The first-order valence-electron chi connectivity index (χ1n) is 6.13. The Morgan fingerprint density at radius 2 is 2.05 bits per heavy atom. The molecular weight excluding hydrogens is 295 g/mol. The van der Waals surface area contributed by atoms with Crippen molar-refractivity contribution in [3.63, 3.8) is 0 Å². The van der Waals surface area contributed by atoms with Gasteiger partial charge < -0.3 is 9.67 Å². The molecule has 1 N–H and O–H groups in total. The highest BCUT2D eigenvalue weighted by molar-refractivity contribution is 6.33. The highest BCUT2D eigenvalue weighted by atomic mass is 35.5. The average Bonchev–Trinajstić information content (AvgIpc) is 2.49. The summed E-state index contributed by atoms with van der Waals surface area (Å²) < 4.78 is 15.0. The number of benzene rings is 1. The lowest BCUT2D eigenvalue weighted by Crippen LogP contribution is -2.19. The number of rotatable bonds is 1. The summed E-state index contributed by atoms with van der Waals surface area (Å²) in [4.78, 5) is 16.5. The number of nitrogens with zero attached hydrogens (tertiary/aromatic N) is 2. The molecule has 0 amide bonds. The molecule has 2 aromatic heterocycles. The van der Waals surface area contributed by atoms with Crippen molar-refractivity contribution in [2.45, 2.75) is 0 Å². The van der Waals surface area contributed by atoms with E-state index in [0.717, 1.165) is 0 Å². The molecule has 3 rings (SSSR count). The zero-order valence-corrected chi connectivity index (χ0v) is 11.7. The number of hydrogen-bond donors (Lipinski definition) is 1. The van der Waals surface area contributed by atoms with Crippen molar-refractivity contribution in [3.8, 4) is 16.9 Å². The lowest BCUT2D eigenvalue weighted by atomic mass is 10.0. The quantitative estimate of drug-likeness (QED) is 0.751. The molecule has 0 radical (unpaired) electrons. The summed E-state index contributed by atoms with van der Waals surface area (Å²) in [6.07, 6.45) is 1.50. The minimum Gasteiger partial charge on any atom is -0.505 e. The van der Waals surface area contributed by atoms with Gasteiger partial charge in [-0.05, 0) is 18.2 Å². The SMILES string of the molecule is Cn1c(=O)c(-c2cccc(F)c2Cl)c(O)c2ncccc21. The summed E-state index contributed by atoms with van der Waals surface area (Å²) in [6, 6.07) is 7.43. The lowest BCUT2D eigenvalue weighted by Gasteiger charge is -2.12. The molecule has 0 spiro atoms. The number of aryl methyl sites for hydroxylation is 1. The third kappa shape index (κ3) is 1.97. The number of aromatic nitrogens is 2. The Balaban J connectivity index is 2.49. The zero-order chi connectivity index (χ0) is 15.1. The molecule has 0 aliphatic rings. The number of pyridine rings is 2. The van der Waals surface area contributed by atoms with E-state index in [9.17, 15) is 14.3 Å². The zero-order valence-electron chi connectivity index (χ0n) is 11.0. The minimum atomic E-state index is -0.656. The molecular formula is C15H10ClFN2O2. The van der Waals surface area contributed by atoms with Crippen LogP contribution in [-0.4, -0.2) is 14.7 Å². The number of hydrogen-bond acceptors (Lipinski definition) is 3. The van der Waals surface area contributed by atoms with Crippen molar-refractivity contribution in [1.29, 1.82) is 0 Å². The molecule has 0 bridgehead atoms. The van der Waals surface area contributed by atoms with E-state index in [1.807, 2.05) is 0 Å². The van der Waals surface area contributed by atoms with Crippen LogP contribution in [-0.2, 0) is 7.05 Å². The predicted octanol–water partition coefficient (Wildman–Crippen LogP) is 3.10. The Kier molecular flexibility index (Phi) is 3.14. The Labute approximate surface area is 124 Å². The molecule has 0 saturated carbocycles. The van der Waals surface area contributed by atoms with Crippen LogP contribution in [0.1, 0.15) is 0 Å². The number of aromatic hydroxyl groups is 1. The molecule has 0 unspecified atom stereocenters. The van der Waals surface area contributed by atoms with E-state index in [-0.39, 0.29) is 27.4 Å². The van der Waals surface area contributed by atoms with E-state index in [4.69, 9.17) is 11.6 Å². The van der Waals surface area contributed by atoms with E-state index in [2.05, 4.69) is 4.98 Å². The van der Waals surface area contributed by atoms with E-state index in [0.29, 0.717) is 5.52 Å². The molecule has 3 aromatic rings. The average molecular weight is 305 g/mol. The summed E-state index contributed by atoms with van der Waals surface area (Å²) in [6.45, 7) is 0. The molecule has 2 heterocycles. The number of halogens is 2. The van der Waals surface area contributed by atoms with Gasteiger partial charge in [0.05, 0.1) is 16.1 Å². The van der Waals surface area contributed by atoms with Crippen LogP contribution >= 0.6 is 11.6 Å². The topological polar surface area (TPSA) is 55.1 Å². The summed E-state index contributed by atoms with van der Waals surface area (Å²) in [5.74, 6) is -0.960. The maximum atomic E-state index is 13.6. The molecule has 0 atom stereocenters. The molecule has 4 nitrogen and oxygen atoms in total. The van der Waals surface area contributed by atoms with Gasteiger partial charge in [-0.1, -0.05) is 23.7 Å². The molecule has 0 aliphatic heterocycles. The maximum absolute atomic E-state index is 13.6. The summed E-state index contributed by atoms with van der Waals surface area (Å²) in [5.41, 5.74) is 0.349. The first-order chi connectivity index (χ1) is 10.0. The lowest BCUT2D eigenvalue weighted by molar-refractivity contribution is 0.480. The van der Waals surface area contributed by atoms with Crippen LogP contribution in [0.3, 0.4) is 0 Å². The van der Waals surface area contributed by atoms with Crippen molar-refractivity contribution >= 4 is 22.6 Å². The Morgan fingerprint density at radius 3 is 2.81 bits per heavy atom. The van der Waals surface area contributed by atoms with Gasteiger partial charge in [-0.25, -0.2) is 4.39 Å². The van der Waals surface area contributed by atoms with Crippen molar-refractivity contribution in [2.24, 2.45) is 7.05 Å². The van der Waals surface area contributed by atoms with Crippen molar-refractivity contribution in [2.75, 3.05) is 0 Å². The molecule has 1 aromatic carbocycles. The van der Waals surface area contributed by atoms with E-state index < -0.39 is 11.4 Å². The molecule has 106 valence electrons. The summed E-state index contributed by atoms with van der Waals surface area (Å²) in [5, 5.41) is 10.2. The smallest absolute Gasteiger partial charge is 0.262 e. The van der Waals surface area contributed by atoms with Crippen molar-refractivity contribution in [3.05, 3.63) is 57.7 Å². The summed E-state index contributed by atoms with van der Waals surface area (Å²) in [7, 11) is 1.56. The molecule has 6 heteroatoms. The van der Waals surface area contributed by atoms with Crippen molar-refractivity contribution in [1.82, 2.24) is 9.55 Å². The van der Waals surface area contributed by atoms with Crippen LogP contribution in [0.5, 0.6) is 5.75 Å². The minimum absolute atomic E-state index is 0.0619. The largest absolute Gasteiger partial charge is 0.505 e. The fourth-order valence-corrected chi connectivity index (χ4v) is 2.51. The second-order valence-corrected chi connectivity index (χ2v) is 4.94. The van der Waals surface area contributed by atoms with E-state index in [1.54, 1.807) is 19.2 Å². The van der Waals surface area contributed by atoms with Crippen LogP contribution in [0.2, 0.25) is 5.02 Å². The van der Waals surface area contributed by atoms with Crippen LogP contribution in [0.15, 0.2) is 41.3 Å². The normalized spacial score (nSPS) is 11.0. The van der Waals surface area contributed by atoms with Gasteiger partial charge in [-0.2, -0.15) is 0 Å². The summed E-state index contributed by atoms with van der Waals surface area (Å²) >= 11 is 5.92. The third-order valence-electron chi connectivity index (χ3n) is 3.35. The Morgan fingerprint density at radius 1 is 1.29 bits per heavy atom. The Bertz CT molecular complexity index is 921. The monoisotopic (exact) mass is 304 g/mol. The fourth-order valence-electron chi connectivity index (χ4n) is 2.29. The Hall–Kier alpha value is -2.40. The van der Waals surface area contributed by atoms with Gasteiger partial charge in [0.2, 0.25) is 0 Å².